The monoisotopic (exact) mass is 249 g/mol. The number of nitrogens with one attached hydrogen (secondary N) is 1. The van der Waals surface area contributed by atoms with Crippen molar-refractivity contribution < 1.29 is 13.9 Å². The molecule has 0 saturated carbocycles. The van der Waals surface area contributed by atoms with Gasteiger partial charge < -0.3 is 14.8 Å². The molecule has 0 spiro atoms. The molecule has 2 aromatic rings. The lowest BCUT2D eigenvalue weighted by atomic mass is 10.3. The third kappa shape index (κ3) is 2.65. The topological polar surface area (TPSA) is 56.3 Å². The van der Waals surface area contributed by atoms with E-state index < -0.39 is 5.82 Å². The van der Waals surface area contributed by atoms with Crippen molar-refractivity contribution in [3.8, 4) is 17.4 Å². The lowest BCUT2D eigenvalue weighted by Crippen LogP contribution is -2.00. The number of aromatic nitrogens is 2. The third-order valence-electron chi connectivity index (χ3n) is 2.21. The second-order valence-corrected chi connectivity index (χ2v) is 3.37. The normalized spacial score (nSPS) is 9.94. The summed E-state index contributed by atoms with van der Waals surface area (Å²) in [5.41, 5.74) is 0. The molecule has 0 bridgehead atoms. The second-order valence-electron chi connectivity index (χ2n) is 3.37. The van der Waals surface area contributed by atoms with Crippen molar-refractivity contribution in [3.63, 3.8) is 0 Å². The molecule has 0 atom stereocenters. The molecule has 0 aliphatic heterocycles. The van der Waals surface area contributed by atoms with Crippen LogP contribution in [0.25, 0.3) is 0 Å². The summed E-state index contributed by atoms with van der Waals surface area (Å²) < 4.78 is 23.8. The fourth-order valence-electron chi connectivity index (χ4n) is 1.30. The number of halogens is 1. The van der Waals surface area contributed by atoms with Crippen LogP contribution in [0.5, 0.6) is 17.4 Å². The van der Waals surface area contributed by atoms with Gasteiger partial charge in [-0.1, -0.05) is 0 Å². The van der Waals surface area contributed by atoms with Crippen LogP contribution in [0.4, 0.5) is 10.3 Å². The Labute approximate surface area is 104 Å². The van der Waals surface area contributed by atoms with Crippen molar-refractivity contribution >= 4 is 5.95 Å². The van der Waals surface area contributed by atoms with Gasteiger partial charge in [0.25, 0.3) is 5.88 Å². The number of anilines is 1. The molecule has 0 amide bonds. The molecule has 1 heterocycles. The van der Waals surface area contributed by atoms with E-state index in [0.29, 0.717) is 17.4 Å². The average Bonchev–Trinajstić information content (AvgIpc) is 2.42. The summed E-state index contributed by atoms with van der Waals surface area (Å²) in [6, 6.07) is 6.76. The van der Waals surface area contributed by atoms with Gasteiger partial charge in [-0.3, -0.25) is 0 Å². The third-order valence-corrected chi connectivity index (χ3v) is 2.21. The lowest BCUT2D eigenvalue weighted by Gasteiger charge is -2.07. The van der Waals surface area contributed by atoms with E-state index in [1.807, 2.05) is 0 Å². The predicted octanol–water partition coefficient (Wildman–Crippen LogP) is 2.46. The molecule has 18 heavy (non-hydrogen) atoms. The maximum absolute atomic E-state index is 13.4. The highest BCUT2D eigenvalue weighted by molar-refractivity contribution is 5.35. The SMILES string of the molecule is CNc1ncc(F)c(Oc2ccc(OC)cc2)n1. The zero-order valence-corrected chi connectivity index (χ0v) is 9.98. The fourth-order valence-corrected chi connectivity index (χ4v) is 1.30. The highest BCUT2D eigenvalue weighted by atomic mass is 19.1. The summed E-state index contributed by atoms with van der Waals surface area (Å²) in [6.07, 6.45) is 1.05. The Morgan fingerprint density at radius 1 is 1.17 bits per heavy atom. The van der Waals surface area contributed by atoms with Crippen molar-refractivity contribution in [2.45, 2.75) is 0 Å². The highest BCUT2D eigenvalue weighted by Gasteiger charge is 2.08. The van der Waals surface area contributed by atoms with Crippen LogP contribution in [0.2, 0.25) is 0 Å². The van der Waals surface area contributed by atoms with E-state index in [0.717, 1.165) is 6.20 Å². The van der Waals surface area contributed by atoms with E-state index in [1.165, 1.54) is 0 Å². The van der Waals surface area contributed by atoms with Crippen molar-refractivity contribution in [1.29, 1.82) is 0 Å². The van der Waals surface area contributed by atoms with Crippen LogP contribution in [0, 0.1) is 5.82 Å². The lowest BCUT2D eigenvalue weighted by molar-refractivity contribution is 0.407. The molecule has 1 aromatic carbocycles. The minimum Gasteiger partial charge on any atom is -0.497 e. The Balaban J connectivity index is 2.21. The van der Waals surface area contributed by atoms with Gasteiger partial charge in [-0.25, -0.2) is 4.98 Å². The first-order valence-corrected chi connectivity index (χ1v) is 5.25. The molecule has 0 fully saturated rings. The van der Waals surface area contributed by atoms with Crippen LogP contribution in [-0.4, -0.2) is 24.1 Å². The molecule has 0 unspecified atom stereocenters. The summed E-state index contributed by atoms with van der Waals surface area (Å²) in [7, 11) is 3.21. The van der Waals surface area contributed by atoms with Gasteiger partial charge in [0.2, 0.25) is 11.8 Å². The van der Waals surface area contributed by atoms with Crippen molar-refractivity contribution in [1.82, 2.24) is 9.97 Å². The van der Waals surface area contributed by atoms with E-state index in [4.69, 9.17) is 9.47 Å². The number of ether oxygens (including phenoxy) is 2. The first-order valence-electron chi connectivity index (χ1n) is 5.25. The number of rotatable bonds is 4. The van der Waals surface area contributed by atoms with Gasteiger partial charge in [0.15, 0.2) is 0 Å². The number of methoxy groups -OCH3 is 1. The molecule has 94 valence electrons. The van der Waals surface area contributed by atoms with E-state index in [-0.39, 0.29) is 5.88 Å². The molecule has 2 rings (SSSR count). The summed E-state index contributed by atoms with van der Waals surface area (Å²) in [4.78, 5) is 7.61. The van der Waals surface area contributed by atoms with Gasteiger partial charge in [0.1, 0.15) is 11.5 Å². The molecule has 1 aromatic heterocycles. The Bertz CT molecular complexity index is 531. The average molecular weight is 249 g/mol. The molecular formula is C12H12FN3O2. The maximum atomic E-state index is 13.4. The quantitative estimate of drug-likeness (QED) is 0.902. The number of hydrogen-bond acceptors (Lipinski definition) is 5. The Kier molecular flexibility index (Phi) is 3.57. The molecule has 6 heteroatoms. The van der Waals surface area contributed by atoms with E-state index in [1.54, 1.807) is 38.4 Å². The van der Waals surface area contributed by atoms with Crippen LogP contribution in [0.1, 0.15) is 0 Å². The van der Waals surface area contributed by atoms with Crippen LogP contribution in [0.3, 0.4) is 0 Å². The van der Waals surface area contributed by atoms with Gasteiger partial charge >= 0.3 is 0 Å². The molecular weight excluding hydrogens is 237 g/mol. The second kappa shape index (κ2) is 5.31. The number of benzene rings is 1. The summed E-state index contributed by atoms with van der Waals surface area (Å²) >= 11 is 0. The minimum absolute atomic E-state index is 0.125. The summed E-state index contributed by atoms with van der Waals surface area (Å²) in [5.74, 6) is 0.709. The van der Waals surface area contributed by atoms with E-state index >= 15 is 0 Å². The van der Waals surface area contributed by atoms with E-state index in [2.05, 4.69) is 15.3 Å². The van der Waals surface area contributed by atoms with Crippen molar-refractivity contribution in [3.05, 3.63) is 36.3 Å². The van der Waals surface area contributed by atoms with Crippen molar-refractivity contribution in [2.75, 3.05) is 19.5 Å². The van der Waals surface area contributed by atoms with Gasteiger partial charge in [0.05, 0.1) is 13.3 Å². The molecule has 5 nitrogen and oxygen atoms in total. The van der Waals surface area contributed by atoms with Crippen molar-refractivity contribution in [2.24, 2.45) is 0 Å². The largest absolute Gasteiger partial charge is 0.497 e. The molecule has 1 N–H and O–H groups in total. The standard InChI is InChI=1S/C12H12FN3O2/c1-14-12-15-7-10(13)11(16-12)18-9-5-3-8(17-2)4-6-9/h3-7H,1-2H3,(H,14,15,16). The predicted molar refractivity (Wildman–Crippen MR) is 64.6 cm³/mol. The van der Waals surface area contributed by atoms with E-state index in [9.17, 15) is 4.39 Å². The molecule has 0 saturated heterocycles. The highest BCUT2D eigenvalue weighted by Crippen LogP contribution is 2.24. The summed E-state index contributed by atoms with van der Waals surface area (Å²) in [6.45, 7) is 0. The zero-order chi connectivity index (χ0) is 13.0. The summed E-state index contributed by atoms with van der Waals surface area (Å²) in [5, 5.41) is 2.71. The minimum atomic E-state index is -0.621. The molecule has 0 radical (unpaired) electrons. The van der Waals surface area contributed by atoms with Crippen LogP contribution < -0.4 is 14.8 Å². The molecule has 0 aliphatic carbocycles. The van der Waals surface area contributed by atoms with Gasteiger partial charge in [0, 0.05) is 7.05 Å². The van der Waals surface area contributed by atoms with Gasteiger partial charge in [-0.2, -0.15) is 9.37 Å². The van der Waals surface area contributed by atoms with Crippen LogP contribution in [0.15, 0.2) is 30.5 Å². The van der Waals surface area contributed by atoms with Crippen LogP contribution in [-0.2, 0) is 0 Å². The Morgan fingerprint density at radius 2 is 1.83 bits per heavy atom. The Hall–Kier alpha value is -2.37. The number of nitrogens with zero attached hydrogens (tertiary/aromatic N) is 2. The first-order chi connectivity index (χ1) is 8.72. The maximum Gasteiger partial charge on any atom is 0.260 e. The van der Waals surface area contributed by atoms with Gasteiger partial charge in [-0.05, 0) is 24.3 Å². The van der Waals surface area contributed by atoms with Gasteiger partial charge in [-0.15, -0.1) is 0 Å². The smallest absolute Gasteiger partial charge is 0.260 e. The molecule has 0 aliphatic rings. The Morgan fingerprint density at radius 3 is 2.44 bits per heavy atom. The fraction of sp³-hybridized carbons (Fsp3) is 0.167. The van der Waals surface area contributed by atoms with Crippen LogP contribution >= 0.6 is 0 Å². The number of hydrogen-bond donors (Lipinski definition) is 1. The zero-order valence-electron chi connectivity index (χ0n) is 9.98. The first kappa shape index (κ1) is 12.1.